The lowest BCUT2D eigenvalue weighted by molar-refractivity contribution is -0.126. The number of carbonyl (C=O) groups excluding carboxylic acids is 2. The van der Waals surface area contributed by atoms with Crippen molar-refractivity contribution in [2.24, 2.45) is 0 Å². The zero-order valence-corrected chi connectivity index (χ0v) is 16.6. The molecule has 1 aromatic heterocycles. The Morgan fingerprint density at radius 3 is 2.76 bits per heavy atom. The first-order valence-corrected chi connectivity index (χ1v) is 10.4. The highest BCUT2D eigenvalue weighted by Crippen LogP contribution is 2.25. The molecule has 0 fully saturated rings. The Kier molecular flexibility index (Phi) is 5.91. The van der Waals surface area contributed by atoms with Crippen LogP contribution in [0.25, 0.3) is 10.8 Å². The Balaban J connectivity index is 1.55. The van der Waals surface area contributed by atoms with Gasteiger partial charge in [-0.25, -0.2) is 0 Å². The predicted octanol–water partition coefficient (Wildman–Crippen LogP) is 3.92. The van der Waals surface area contributed by atoms with E-state index in [0.29, 0.717) is 18.5 Å². The standard InChI is InChI=1S/C23H21N3O2S/c27-22(25-19-9-4-8-17-15-24-12-11-18(17)19)20(14-16-6-2-1-3-7-16)26-23(28)21-10-5-13-29-21/h1-9,11-13,15,20-21H,10,14H2,(H,25,27)(H,26,28). The van der Waals surface area contributed by atoms with Gasteiger partial charge in [-0.1, -0.05) is 48.5 Å². The molecule has 146 valence electrons. The summed E-state index contributed by atoms with van der Waals surface area (Å²) < 4.78 is 0. The number of aromatic nitrogens is 1. The van der Waals surface area contributed by atoms with Crippen molar-refractivity contribution in [3.63, 3.8) is 0 Å². The SMILES string of the molecule is O=C(Nc1cccc2cnccc12)C(Cc1ccccc1)NC(=O)C1CC=CS1. The van der Waals surface area contributed by atoms with Crippen LogP contribution in [0.3, 0.4) is 0 Å². The number of rotatable bonds is 6. The fraction of sp³-hybridized carbons (Fsp3) is 0.174. The molecule has 4 rings (SSSR count). The first-order chi connectivity index (χ1) is 14.2. The van der Waals surface area contributed by atoms with E-state index in [1.54, 1.807) is 12.4 Å². The minimum atomic E-state index is -0.664. The minimum absolute atomic E-state index is 0.113. The molecule has 0 spiro atoms. The van der Waals surface area contributed by atoms with E-state index >= 15 is 0 Å². The Bertz CT molecular complexity index is 1040. The van der Waals surface area contributed by atoms with Gasteiger partial charge in [-0.15, -0.1) is 11.8 Å². The van der Waals surface area contributed by atoms with E-state index in [4.69, 9.17) is 0 Å². The number of nitrogens with zero attached hydrogens (tertiary/aromatic N) is 1. The van der Waals surface area contributed by atoms with Crippen molar-refractivity contribution in [3.8, 4) is 0 Å². The Labute approximate surface area is 173 Å². The zero-order valence-electron chi connectivity index (χ0n) is 15.7. The van der Waals surface area contributed by atoms with Crippen LogP contribution in [0.15, 0.2) is 78.5 Å². The normalized spacial score (nSPS) is 16.5. The summed E-state index contributed by atoms with van der Waals surface area (Å²) in [5, 5.41) is 9.56. The van der Waals surface area contributed by atoms with Crippen molar-refractivity contribution >= 4 is 40.0 Å². The molecular weight excluding hydrogens is 382 g/mol. The van der Waals surface area contributed by atoms with Crippen LogP contribution in [0, 0.1) is 0 Å². The topological polar surface area (TPSA) is 71.1 Å². The molecule has 0 saturated heterocycles. The van der Waals surface area contributed by atoms with Gasteiger partial charge in [-0.2, -0.15) is 0 Å². The van der Waals surface area contributed by atoms with E-state index < -0.39 is 6.04 Å². The Morgan fingerprint density at radius 2 is 1.97 bits per heavy atom. The largest absolute Gasteiger partial charge is 0.343 e. The third-order valence-corrected chi connectivity index (χ3v) is 5.92. The second kappa shape index (κ2) is 8.92. The molecule has 29 heavy (non-hydrogen) atoms. The minimum Gasteiger partial charge on any atom is -0.343 e. The lowest BCUT2D eigenvalue weighted by Gasteiger charge is -2.21. The van der Waals surface area contributed by atoms with Crippen LogP contribution >= 0.6 is 11.8 Å². The van der Waals surface area contributed by atoms with Crippen molar-refractivity contribution in [2.75, 3.05) is 5.32 Å². The number of pyridine rings is 1. The number of nitrogens with one attached hydrogen (secondary N) is 2. The average Bonchev–Trinajstić information content (AvgIpc) is 3.29. The van der Waals surface area contributed by atoms with Crippen molar-refractivity contribution < 1.29 is 9.59 Å². The summed E-state index contributed by atoms with van der Waals surface area (Å²) in [7, 11) is 0. The maximum atomic E-state index is 13.1. The summed E-state index contributed by atoms with van der Waals surface area (Å²) in [6, 6.07) is 16.6. The van der Waals surface area contributed by atoms with Gasteiger partial charge >= 0.3 is 0 Å². The van der Waals surface area contributed by atoms with Gasteiger partial charge in [-0.05, 0) is 29.5 Å². The van der Waals surface area contributed by atoms with Crippen LogP contribution < -0.4 is 10.6 Å². The predicted molar refractivity (Wildman–Crippen MR) is 118 cm³/mol. The highest BCUT2D eigenvalue weighted by atomic mass is 32.2. The number of hydrogen-bond acceptors (Lipinski definition) is 4. The molecule has 0 saturated carbocycles. The molecule has 2 aromatic carbocycles. The van der Waals surface area contributed by atoms with Crippen LogP contribution in [0.1, 0.15) is 12.0 Å². The molecule has 5 nitrogen and oxygen atoms in total. The van der Waals surface area contributed by atoms with Crippen LogP contribution in [0.4, 0.5) is 5.69 Å². The fourth-order valence-electron chi connectivity index (χ4n) is 3.33. The second-order valence-electron chi connectivity index (χ2n) is 6.87. The maximum absolute atomic E-state index is 13.1. The number of carbonyl (C=O) groups is 2. The molecule has 0 radical (unpaired) electrons. The molecule has 2 unspecified atom stereocenters. The monoisotopic (exact) mass is 403 g/mol. The van der Waals surface area contributed by atoms with E-state index in [2.05, 4.69) is 15.6 Å². The number of benzene rings is 2. The lowest BCUT2D eigenvalue weighted by atomic mass is 10.0. The summed E-state index contributed by atoms with van der Waals surface area (Å²) in [4.78, 5) is 29.9. The highest BCUT2D eigenvalue weighted by molar-refractivity contribution is 8.03. The van der Waals surface area contributed by atoms with Crippen molar-refractivity contribution in [3.05, 3.63) is 84.0 Å². The van der Waals surface area contributed by atoms with Gasteiger partial charge in [0.15, 0.2) is 0 Å². The smallest absolute Gasteiger partial charge is 0.247 e. The summed E-state index contributed by atoms with van der Waals surface area (Å²) in [6.45, 7) is 0. The maximum Gasteiger partial charge on any atom is 0.247 e. The molecule has 2 heterocycles. The first-order valence-electron chi connectivity index (χ1n) is 9.49. The molecule has 1 aliphatic rings. The number of hydrogen-bond donors (Lipinski definition) is 2. The Morgan fingerprint density at radius 1 is 1.10 bits per heavy atom. The molecule has 2 amide bonds. The third-order valence-electron chi connectivity index (χ3n) is 4.84. The Hall–Kier alpha value is -3.12. The summed E-state index contributed by atoms with van der Waals surface area (Å²) in [5.41, 5.74) is 1.70. The number of anilines is 1. The van der Waals surface area contributed by atoms with E-state index in [-0.39, 0.29) is 17.1 Å². The van der Waals surface area contributed by atoms with Gasteiger partial charge in [0.05, 0.1) is 5.25 Å². The van der Waals surface area contributed by atoms with E-state index in [9.17, 15) is 9.59 Å². The molecule has 2 atom stereocenters. The fourth-order valence-corrected chi connectivity index (χ4v) is 4.15. The van der Waals surface area contributed by atoms with Gasteiger partial charge in [0, 0.05) is 35.3 Å². The molecule has 6 heteroatoms. The summed E-state index contributed by atoms with van der Waals surface area (Å²) in [6.07, 6.45) is 6.55. The number of amides is 2. The highest BCUT2D eigenvalue weighted by Gasteiger charge is 2.27. The first kappa shape index (κ1) is 19.2. The van der Waals surface area contributed by atoms with Gasteiger partial charge in [0.2, 0.25) is 11.8 Å². The number of allylic oxidation sites excluding steroid dienone is 1. The van der Waals surface area contributed by atoms with Crippen LogP contribution in [0.2, 0.25) is 0 Å². The van der Waals surface area contributed by atoms with Crippen molar-refractivity contribution in [1.82, 2.24) is 10.3 Å². The van der Waals surface area contributed by atoms with E-state index in [0.717, 1.165) is 16.3 Å². The van der Waals surface area contributed by atoms with Gasteiger partial charge in [0.25, 0.3) is 0 Å². The zero-order chi connectivity index (χ0) is 20.1. The second-order valence-corrected chi connectivity index (χ2v) is 7.99. The quantitative estimate of drug-likeness (QED) is 0.654. The van der Waals surface area contributed by atoms with Crippen molar-refractivity contribution in [1.29, 1.82) is 0 Å². The third kappa shape index (κ3) is 4.66. The average molecular weight is 404 g/mol. The molecule has 1 aliphatic heterocycles. The lowest BCUT2D eigenvalue weighted by Crippen LogP contribution is -2.47. The molecular formula is C23H21N3O2S. The van der Waals surface area contributed by atoms with E-state index in [1.165, 1.54) is 11.8 Å². The van der Waals surface area contributed by atoms with Crippen LogP contribution in [-0.4, -0.2) is 28.1 Å². The molecule has 2 N–H and O–H groups in total. The summed E-state index contributed by atoms with van der Waals surface area (Å²) in [5.74, 6) is -0.347. The molecule has 0 aliphatic carbocycles. The van der Waals surface area contributed by atoms with E-state index in [1.807, 2.05) is 66.1 Å². The van der Waals surface area contributed by atoms with Crippen LogP contribution in [0.5, 0.6) is 0 Å². The van der Waals surface area contributed by atoms with Gasteiger partial charge < -0.3 is 10.6 Å². The van der Waals surface area contributed by atoms with Gasteiger partial charge in [0.1, 0.15) is 6.04 Å². The van der Waals surface area contributed by atoms with Crippen molar-refractivity contribution in [2.45, 2.75) is 24.1 Å². The number of thioether (sulfide) groups is 1. The van der Waals surface area contributed by atoms with Gasteiger partial charge in [-0.3, -0.25) is 14.6 Å². The van der Waals surface area contributed by atoms with Crippen LogP contribution in [-0.2, 0) is 16.0 Å². The summed E-state index contributed by atoms with van der Waals surface area (Å²) >= 11 is 1.49. The molecule has 0 bridgehead atoms. The number of fused-ring (bicyclic) bond motifs is 1. The molecule has 3 aromatic rings.